The molecule has 3 aromatic rings. The molecule has 6 nitrogen and oxygen atoms in total. The molecule has 1 aromatic heterocycles. The molecule has 0 radical (unpaired) electrons. The first kappa shape index (κ1) is 19.3. The lowest BCUT2D eigenvalue weighted by Gasteiger charge is -2.16. The number of benzene rings is 2. The maximum atomic E-state index is 13.0. The molecular weight excluding hydrogens is 352 g/mol. The van der Waals surface area contributed by atoms with Gasteiger partial charge in [-0.2, -0.15) is 10.4 Å². The molecule has 28 heavy (non-hydrogen) atoms. The van der Waals surface area contributed by atoms with E-state index in [4.69, 9.17) is 5.26 Å². The van der Waals surface area contributed by atoms with Gasteiger partial charge in [-0.3, -0.25) is 9.59 Å². The van der Waals surface area contributed by atoms with E-state index in [9.17, 15) is 9.59 Å². The summed E-state index contributed by atoms with van der Waals surface area (Å²) in [6, 6.07) is 15.9. The normalized spacial score (nSPS) is 12.0. The van der Waals surface area contributed by atoms with Crippen LogP contribution in [0.3, 0.4) is 0 Å². The van der Waals surface area contributed by atoms with Crippen LogP contribution in [0.1, 0.15) is 48.4 Å². The lowest BCUT2D eigenvalue weighted by atomic mass is 10.1. The monoisotopic (exact) mass is 374 g/mol. The topological polar surface area (TPSA) is 87.8 Å². The van der Waals surface area contributed by atoms with E-state index in [1.54, 1.807) is 36.4 Å². The first-order valence-corrected chi connectivity index (χ1v) is 9.21. The van der Waals surface area contributed by atoms with Crippen LogP contribution in [-0.2, 0) is 6.54 Å². The highest BCUT2D eigenvalue weighted by molar-refractivity contribution is 6.04. The highest BCUT2D eigenvalue weighted by atomic mass is 16.2. The number of hydrogen-bond acceptors (Lipinski definition) is 4. The summed E-state index contributed by atoms with van der Waals surface area (Å²) in [5, 5.41) is 17.2. The summed E-state index contributed by atoms with van der Waals surface area (Å²) >= 11 is 0. The van der Waals surface area contributed by atoms with Crippen LogP contribution in [0.25, 0.3) is 10.8 Å². The van der Waals surface area contributed by atoms with Gasteiger partial charge in [-0.25, -0.2) is 4.68 Å². The molecule has 0 saturated heterocycles. The van der Waals surface area contributed by atoms with E-state index in [0.717, 1.165) is 5.56 Å². The number of rotatable bonds is 5. The van der Waals surface area contributed by atoms with Crippen molar-refractivity contribution in [2.45, 2.75) is 33.4 Å². The minimum absolute atomic E-state index is 0.194. The minimum atomic E-state index is -0.342. The van der Waals surface area contributed by atoms with Gasteiger partial charge >= 0.3 is 0 Å². The van der Waals surface area contributed by atoms with Gasteiger partial charge in [0, 0.05) is 11.9 Å². The second-order valence-electron chi connectivity index (χ2n) is 7.20. The molecule has 1 N–H and O–H groups in total. The van der Waals surface area contributed by atoms with Crippen LogP contribution in [-0.4, -0.2) is 15.7 Å². The van der Waals surface area contributed by atoms with E-state index >= 15 is 0 Å². The van der Waals surface area contributed by atoms with Gasteiger partial charge in [0.15, 0.2) is 5.69 Å². The van der Waals surface area contributed by atoms with Gasteiger partial charge in [0.2, 0.25) is 0 Å². The molecule has 0 bridgehead atoms. The molecule has 1 atom stereocenters. The van der Waals surface area contributed by atoms with Crippen LogP contribution in [0.4, 0.5) is 0 Å². The van der Waals surface area contributed by atoms with Crippen LogP contribution in [0.5, 0.6) is 0 Å². The van der Waals surface area contributed by atoms with Crippen molar-refractivity contribution in [1.29, 1.82) is 5.26 Å². The Morgan fingerprint density at radius 2 is 1.75 bits per heavy atom. The van der Waals surface area contributed by atoms with Gasteiger partial charge in [-0.1, -0.05) is 44.2 Å². The molecule has 1 amide bonds. The Bertz CT molecular complexity index is 1110. The predicted molar refractivity (Wildman–Crippen MR) is 108 cm³/mol. The fourth-order valence-electron chi connectivity index (χ4n) is 3.07. The Hall–Kier alpha value is -3.46. The number of fused-ring (bicyclic) bond motifs is 1. The molecule has 0 aliphatic carbocycles. The van der Waals surface area contributed by atoms with Crippen LogP contribution in [0.15, 0.2) is 53.3 Å². The number of hydrogen-bond donors (Lipinski definition) is 1. The lowest BCUT2D eigenvalue weighted by Crippen LogP contribution is -2.32. The third-order valence-electron chi connectivity index (χ3n) is 4.51. The Labute approximate surface area is 163 Å². The first-order valence-electron chi connectivity index (χ1n) is 9.21. The van der Waals surface area contributed by atoms with Crippen molar-refractivity contribution in [1.82, 2.24) is 15.1 Å². The van der Waals surface area contributed by atoms with E-state index in [2.05, 4.69) is 16.5 Å². The Morgan fingerprint density at radius 3 is 2.36 bits per heavy atom. The summed E-state index contributed by atoms with van der Waals surface area (Å²) in [5.41, 5.74) is 1.49. The summed E-state index contributed by atoms with van der Waals surface area (Å²) in [4.78, 5) is 25.7. The van der Waals surface area contributed by atoms with E-state index in [1.807, 2.05) is 32.9 Å². The number of amides is 1. The van der Waals surface area contributed by atoms with Crippen molar-refractivity contribution in [2.75, 3.05) is 0 Å². The third kappa shape index (κ3) is 3.94. The molecule has 3 rings (SSSR count). The Balaban J connectivity index is 1.97. The average Bonchev–Trinajstić information content (AvgIpc) is 2.69. The highest BCUT2D eigenvalue weighted by Gasteiger charge is 2.19. The van der Waals surface area contributed by atoms with Crippen molar-refractivity contribution in [2.24, 2.45) is 5.92 Å². The molecule has 6 heteroatoms. The number of nitrogens with one attached hydrogen (secondary N) is 1. The largest absolute Gasteiger partial charge is 0.344 e. The molecular formula is C22H22N4O2. The number of carbonyl (C=O) groups excluding carboxylic acids is 1. The van der Waals surface area contributed by atoms with E-state index in [0.29, 0.717) is 22.9 Å². The zero-order valence-corrected chi connectivity index (χ0v) is 16.1. The quantitative estimate of drug-likeness (QED) is 0.741. The van der Waals surface area contributed by atoms with E-state index in [1.165, 1.54) is 4.68 Å². The smallest absolute Gasteiger partial charge is 0.274 e. The SMILES string of the molecule is CC(C)Cn1nc(C(=O)NC(C)c2ccc(C#N)cc2)c2ccccc2c1=O. The average molecular weight is 374 g/mol. The van der Waals surface area contributed by atoms with Crippen LogP contribution >= 0.6 is 0 Å². The standard InChI is InChI=1S/C22H22N4O2/c1-14(2)13-26-22(28)19-7-5-4-6-18(19)20(25-26)21(27)24-15(3)17-10-8-16(12-23)9-11-17/h4-11,14-15H,13H2,1-3H3,(H,24,27). The van der Waals surface area contributed by atoms with Gasteiger partial charge < -0.3 is 5.32 Å². The Morgan fingerprint density at radius 1 is 1.11 bits per heavy atom. The number of carbonyl (C=O) groups is 1. The molecule has 142 valence electrons. The van der Waals surface area contributed by atoms with Gasteiger partial charge in [0.05, 0.1) is 23.1 Å². The van der Waals surface area contributed by atoms with E-state index in [-0.39, 0.29) is 29.1 Å². The van der Waals surface area contributed by atoms with Gasteiger partial charge in [0.1, 0.15) is 0 Å². The zero-order chi connectivity index (χ0) is 20.3. The molecule has 0 aliphatic rings. The molecule has 0 saturated carbocycles. The number of aromatic nitrogens is 2. The molecule has 0 fully saturated rings. The maximum absolute atomic E-state index is 13.0. The zero-order valence-electron chi connectivity index (χ0n) is 16.1. The van der Waals surface area contributed by atoms with Crippen molar-refractivity contribution in [3.63, 3.8) is 0 Å². The third-order valence-corrected chi connectivity index (χ3v) is 4.51. The first-order chi connectivity index (χ1) is 13.4. The van der Waals surface area contributed by atoms with Crippen molar-refractivity contribution >= 4 is 16.7 Å². The van der Waals surface area contributed by atoms with E-state index < -0.39 is 0 Å². The highest BCUT2D eigenvalue weighted by Crippen LogP contribution is 2.17. The second-order valence-corrected chi connectivity index (χ2v) is 7.20. The molecule has 0 spiro atoms. The van der Waals surface area contributed by atoms with Crippen molar-refractivity contribution in [3.05, 3.63) is 75.7 Å². The Kier molecular flexibility index (Phi) is 5.55. The summed E-state index contributed by atoms with van der Waals surface area (Å²) < 4.78 is 1.37. The maximum Gasteiger partial charge on any atom is 0.274 e. The predicted octanol–water partition coefficient (Wildman–Crippen LogP) is 3.42. The fourth-order valence-corrected chi connectivity index (χ4v) is 3.07. The van der Waals surface area contributed by atoms with Gasteiger partial charge in [0.25, 0.3) is 11.5 Å². The summed E-state index contributed by atoms with van der Waals surface area (Å²) in [6.45, 7) is 6.30. The van der Waals surface area contributed by atoms with Crippen molar-refractivity contribution < 1.29 is 4.79 Å². The van der Waals surface area contributed by atoms with Crippen molar-refractivity contribution in [3.8, 4) is 6.07 Å². The van der Waals surface area contributed by atoms with Crippen LogP contribution in [0, 0.1) is 17.2 Å². The summed E-state index contributed by atoms with van der Waals surface area (Å²) in [5.74, 6) is -0.120. The molecule has 1 heterocycles. The van der Waals surface area contributed by atoms with Crippen LogP contribution in [0.2, 0.25) is 0 Å². The lowest BCUT2D eigenvalue weighted by molar-refractivity contribution is 0.0934. The summed E-state index contributed by atoms with van der Waals surface area (Å²) in [6.07, 6.45) is 0. The van der Waals surface area contributed by atoms with Gasteiger partial charge in [-0.05, 0) is 36.6 Å². The molecule has 2 aromatic carbocycles. The van der Waals surface area contributed by atoms with Crippen LogP contribution < -0.4 is 10.9 Å². The second kappa shape index (κ2) is 8.05. The number of nitriles is 1. The fraction of sp³-hybridized carbons (Fsp3) is 0.273. The van der Waals surface area contributed by atoms with Gasteiger partial charge in [-0.15, -0.1) is 0 Å². The number of nitrogens with zero attached hydrogens (tertiary/aromatic N) is 3. The minimum Gasteiger partial charge on any atom is -0.344 e. The summed E-state index contributed by atoms with van der Waals surface area (Å²) in [7, 11) is 0. The molecule has 0 aliphatic heterocycles. The molecule has 1 unspecified atom stereocenters.